The summed E-state index contributed by atoms with van der Waals surface area (Å²) in [5.74, 6) is -0.331. The fourth-order valence-corrected chi connectivity index (χ4v) is 1.85. The van der Waals surface area contributed by atoms with Gasteiger partial charge in [0.2, 0.25) is 0 Å². The summed E-state index contributed by atoms with van der Waals surface area (Å²) in [6.07, 6.45) is 3.28. The Hall–Kier alpha value is -2.76. The molecule has 0 aliphatic carbocycles. The Bertz CT molecular complexity index is 641. The second-order valence-electron chi connectivity index (χ2n) is 4.24. The van der Waals surface area contributed by atoms with Crippen molar-refractivity contribution in [3.8, 4) is 0 Å². The van der Waals surface area contributed by atoms with E-state index in [1.54, 1.807) is 37.5 Å². The molecule has 0 aliphatic rings. The highest BCUT2D eigenvalue weighted by Gasteiger charge is 2.17. The van der Waals surface area contributed by atoms with Crippen LogP contribution in [-0.2, 0) is 6.54 Å². The Balaban J connectivity index is 2.14. The summed E-state index contributed by atoms with van der Waals surface area (Å²) in [6.45, 7) is 1.92. The average molecular weight is 271 g/mol. The first-order chi connectivity index (χ1) is 9.59. The van der Waals surface area contributed by atoms with Crippen LogP contribution in [0.25, 0.3) is 0 Å². The molecular weight excluding hydrogens is 258 g/mol. The van der Waals surface area contributed by atoms with Gasteiger partial charge in [-0.1, -0.05) is 6.07 Å². The van der Waals surface area contributed by atoms with Crippen molar-refractivity contribution in [3.05, 3.63) is 69.5 Å². The van der Waals surface area contributed by atoms with Crippen LogP contribution >= 0.6 is 0 Å². The van der Waals surface area contributed by atoms with Gasteiger partial charge < -0.3 is 5.32 Å². The summed E-state index contributed by atoms with van der Waals surface area (Å²) in [6, 6.07) is 8.05. The number of rotatable bonds is 4. The minimum Gasteiger partial charge on any atom is -0.348 e. The molecule has 0 saturated carbocycles. The van der Waals surface area contributed by atoms with Gasteiger partial charge in [-0.15, -0.1) is 0 Å². The van der Waals surface area contributed by atoms with Crippen LogP contribution in [0.2, 0.25) is 0 Å². The van der Waals surface area contributed by atoms with E-state index in [0.29, 0.717) is 17.7 Å². The molecule has 2 aromatic rings. The normalized spacial score (nSPS) is 10.1. The third-order valence-electron chi connectivity index (χ3n) is 2.95. The van der Waals surface area contributed by atoms with Crippen molar-refractivity contribution in [2.75, 3.05) is 0 Å². The highest BCUT2D eigenvalue weighted by Crippen LogP contribution is 2.20. The zero-order valence-electron chi connectivity index (χ0n) is 10.9. The third-order valence-corrected chi connectivity index (χ3v) is 2.95. The van der Waals surface area contributed by atoms with Crippen molar-refractivity contribution in [2.45, 2.75) is 13.5 Å². The molecule has 6 heteroatoms. The van der Waals surface area contributed by atoms with Crippen molar-refractivity contribution in [1.82, 2.24) is 10.3 Å². The van der Waals surface area contributed by atoms with Crippen LogP contribution < -0.4 is 5.32 Å². The van der Waals surface area contributed by atoms with Gasteiger partial charge in [0, 0.05) is 36.1 Å². The van der Waals surface area contributed by atoms with Crippen molar-refractivity contribution < 1.29 is 9.72 Å². The summed E-state index contributed by atoms with van der Waals surface area (Å²) >= 11 is 0. The number of carbonyl (C=O) groups is 1. The van der Waals surface area contributed by atoms with E-state index in [2.05, 4.69) is 10.3 Å². The Morgan fingerprint density at radius 2 is 2.00 bits per heavy atom. The Labute approximate surface area is 115 Å². The summed E-state index contributed by atoms with van der Waals surface area (Å²) < 4.78 is 0. The number of hydrogen-bond donors (Lipinski definition) is 1. The zero-order chi connectivity index (χ0) is 14.5. The van der Waals surface area contributed by atoms with E-state index in [9.17, 15) is 14.9 Å². The van der Waals surface area contributed by atoms with E-state index in [1.165, 1.54) is 12.1 Å². The standard InChI is InChI=1S/C14H13N3O3/c1-10-12(3-2-4-13(10)17(19)20)14(18)16-9-11-5-7-15-8-6-11/h2-8H,9H2,1H3,(H,16,18). The van der Waals surface area contributed by atoms with Crippen LogP contribution in [0.5, 0.6) is 0 Å². The predicted molar refractivity (Wildman–Crippen MR) is 73.2 cm³/mol. The average Bonchev–Trinajstić information content (AvgIpc) is 2.46. The molecule has 102 valence electrons. The van der Waals surface area contributed by atoms with Crippen LogP contribution in [0.15, 0.2) is 42.7 Å². The predicted octanol–water partition coefficient (Wildman–Crippen LogP) is 2.23. The highest BCUT2D eigenvalue weighted by atomic mass is 16.6. The maximum absolute atomic E-state index is 12.1. The lowest BCUT2D eigenvalue weighted by Gasteiger charge is -2.07. The van der Waals surface area contributed by atoms with E-state index in [0.717, 1.165) is 5.56 Å². The molecular formula is C14H13N3O3. The molecule has 6 nitrogen and oxygen atoms in total. The molecule has 0 unspecified atom stereocenters. The number of carbonyl (C=O) groups excluding carboxylic acids is 1. The molecule has 0 spiro atoms. The van der Waals surface area contributed by atoms with Gasteiger partial charge in [-0.25, -0.2) is 0 Å². The summed E-state index contributed by atoms with van der Waals surface area (Å²) in [5, 5.41) is 13.6. The number of pyridine rings is 1. The number of nitro benzene ring substituents is 1. The van der Waals surface area contributed by atoms with Gasteiger partial charge in [0.05, 0.1) is 4.92 Å². The molecule has 20 heavy (non-hydrogen) atoms. The first kappa shape index (κ1) is 13.7. The number of hydrogen-bond acceptors (Lipinski definition) is 4. The van der Waals surface area contributed by atoms with Crippen molar-refractivity contribution in [3.63, 3.8) is 0 Å². The topological polar surface area (TPSA) is 85.1 Å². The molecule has 0 fully saturated rings. The SMILES string of the molecule is Cc1c(C(=O)NCc2ccncc2)cccc1[N+](=O)[O-]. The van der Waals surface area contributed by atoms with Crippen LogP contribution in [0.3, 0.4) is 0 Å². The fourth-order valence-electron chi connectivity index (χ4n) is 1.85. The summed E-state index contributed by atoms with van der Waals surface area (Å²) in [7, 11) is 0. The molecule has 0 bridgehead atoms. The molecule has 1 N–H and O–H groups in total. The molecule has 0 aliphatic heterocycles. The number of nitrogens with one attached hydrogen (secondary N) is 1. The van der Waals surface area contributed by atoms with Crippen LogP contribution in [0.1, 0.15) is 21.5 Å². The number of aromatic nitrogens is 1. The van der Waals surface area contributed by atoms with Gasteiger partial charge in [0.25, 0.3) is 11.6 Å². The molecule has 2 rings (SSSR count). The number of nitrogens with zero attached hydrogens (tertiary/aromatic N) is 2. The zero-order valence-corrected chi connectivity index (χ0v) is 10.9. The summed E-state index contributed by atoms with van der Waals surface area (Å²) in [4.78, 5) is 26.3. The van der Waals surface area contributed by atoms with E-state index in [4.69, 9.17) is 0 Å². The number of benzene rings is 1. The molecule has 1 amide bonds. The second kappa shape index (κ2) is 5.92. The van der Waals surface area contributed by atoms with Gasteiger partial charge in [0.15, 0.2) is 0 Å². The van der Waals surface area contributed by atoms with Gasteiger partial charge in [-0.2, -0.15) is 0 Å². The number of amides is 1. The van der Waals surface area contributed by atoms with Gasteiger partial charge in [-0.3, -0.25) is 19.9 Å². The first-order valence-corrected chi connectivity index (χ1v) is 6.00. The minimum absolute atomic E-state index is 0.0541. The van der Waals surface area contributed by atoms with E-state index in [-0.39, 0.29) is 11.6 Å². The lowest BCUT2D eigenvalue weighted by molar-refractivity contribution is -0.385. The third kappa shape index (κ3) is 2.97. The molecule has 0 atom stereocenters. The molecule has 0 saturated heterocycles. The molecule has 1 heterocycles. The lowest BCUT2D eigenvalue weighted by Crippen LogP contribution is -2.23. The van der Waals surface area contributed by atoms with Crippen LogP contribution in [0, 0.1) is 17.0 Å². The maximum Gasteiger partial charge on any atom is 0.273 e. The molecule has 1 aromatic heterocycles. The lowest BCUT2D eigenvalue weighted by atomic mass is 10.1. The fraction of sp³-hybridized carbons (Fsp3) is 0.143. The molecule has 0 radical (unpaired) electrons. The monoisotopic (exact) mass is 271 g/mol. The van der Waals surface area contributed by atoms with E-state index < -0.39 is 4.92 Å². The second-order valence-corrected chi connectivity index (χ2v) is 4.24. The van der Waals surface area contributed by atoms with Gasteiger partial charge in [0.1, 0.15) is 0 Å². The summed E-state index contributed by atoms with van der Waals surface area (Å²) in [5.41, 5.74) is 1.54. The van der Waals surface area contributed by atoms with E-state index >= 15 is 0 Å². The Kier molecular flexibility index (Phi) is 4.05. The van der Waals surface area contributed by atoms with Crippen LogP contribution in [-0.4, -0.2) is 15.8 Å². The van der Waals surface area contributed by atoms with Crippen molar-refractivity contribution >= 4 is 11.6 Å². The molecule has 1 aromatic carbocycles. The number of nitro groups is 1. The maximum atomic E-state index is 12.1. The highest BCUT2D eigenvalue weighted by molar-refractivity contribution is 5.96. The Morgan fingerprint density at radius 1 is 1.30 bits per heavy atom. The minimum atomic E-state index is -0.491. The van der Waals surface area contributed by atoms with Crippen LogP contribution in [0.4, 0.5) is 5.69 Å². The van der Waals surface area contributed by atoms with Crippen molar-refractivity contribution in [2.24, 2.45) is 0 Å². The largest absolute Gasteiger partial charge is 0.348 e. The van der Waals surface area contributed by atoms with Gasteiger partial charge in [-0.05, 0) is 30.7 Å². The smallest absolute Gasteiger partial charge is 0.273 e. The van der Waals surface area contributed by atoms with Crippen molar-refractivity contribution in [1.29, 1.82) is 0 Å². The first-order valence-electron chi connectivity index (χ1n) is 6.00. The van der Waals surface area contributed by atoms with Gasteiger partial charge >= 0.3 is 0 Å². The van der Waals surface area contributed by atoms with E-state index in [1.807, 2.05) is 0 Å². The quantitative estimate of drug-likeness (QED) is 0.682. The Morgan fingerprint density at radius 3 is 2.65 bits per heavy atom.